The summed E-state index contributed by atoms with van der Waals surface area (Å²) in [5.74, 6) is -0.350. The first-order valence-corrected chi connectivity index (χ1v) is 7.56. The maximum atomic E-state index is 12.2. The van der Waals surface area contributed by atoms with Crippen LogP contribution in [0.15, 0.2) is 0 Å². The number of hydrogen-bond donors (Lipinski definition) is 1. The number of carboxylic acids is 1. The zero-order valence-corrected chi connectivity index (χ0v) is 12.4. The molecule has 1 N–H and O–H groups in total. The molecule has 0 aromatic rings. The number of carbonyl (C=O) groups excluding carboxylic acids is 1. The van der Waals surface area contributed by atoms with Crippen LogP contribution in [0, 0.1) is 11.3 Å². The Hall–Kier alpha value is -1.10. The van der Waals surface area contributed by atoms with Gasteiger partial charge >= 0.3 is 5.97 Å². The Morgan fingerprint density at radius 1 is 1.40 bits per heavy atom. The number of aliphatic carboxylic acids is 1. The molecule has 1 amide bonds. The highest BCUT2D eigenvalue weighted by molar-refractivity contribution is 5.85. The van der Waals surface area contributed by atoms with Crippen molar-refractivity contribution in [3.8, 4) is 0 Å². The van der Waals surface area contributed by atoms with E-state index in [4.69, 9.17) is 4.74 Å². The van der Waals surface area contributed by atoms with Crippen LogP contribution in [-0.2, 0) is 14.3 Å². The van der Waals surface area contributed by atoms with Crippen LogP contribution in [0.25, 0.3) is 0 Å². The number of nitrogens with zero attached hydrogens (tertiary/aromatic N) is 1. The van der Waals surface area contributed by atoms with Crippen LogP contribution in [-0.4, -0.2) is 47.7 Å². The van der Waals surface area contributed by atoms with Crippen LogP contribution >= 0.6 is 0 Å². The van der Waals surface area contributed by atoms with Gasteiger partial charge in [0.1, 0.15) is 0 Å². The Bertz CT molecular complexity index is 376. The molecule has 0 aromatic heterocycles. The van der Waals surface area contributed by atoms with Crippen molar-refractivity contribution in [3.63, 3.8) is 0 Å². The first kappa shape index (κ1) is 15.3. The quantitative estimate of drug-likeness (QED) is 0.808. The fraction of sp³-hybridized carbons (Fsp3) is 0.867. The van der Waals surface area contributed by atoms with Crippen LogP contribution in [0.4, 0.5) is 0 Å². The summed E-state index contributed by atoms with van der Waals surface area (Å²) in [6.07, 6.45) is 3.31. The van der Waals surface area contributed by atoms with E-state index in [2.05, 4.69) is 13.8 Å². The molecule has 0 bridgehead atoms. The molecule has 5 nitrogen and oxygen atoms in total. The third-order valence-electron chi connectivity index (χ3n) is 4.42. The molecule has 1 unspecified atom stereocenters. The molecule has 1 saturated heterocycles. The molecular weight excluding hydrogens is 258 g/mol. The van der Waals surface area contributed by atoms with Gasteiger partial charge in [-0.1, -0.05) is 20.3 Å². The van der Waals surface area contributed by atoms with Gasteiger partial charge in [-0.3, -0.25) is 9.59 Å². The molecule has 2 aliphatic rings. The van der Waals surface area contributed by atoms with Crippen molar-refractivity contribution >= 4 is 11.9 Å². The molecule has 1 aliphatic carbocycles. The highest BCUT2D eigenvalue weighted by Gasteiger charge is 2.47. The zero-order valence-electron chi connectivity index (χ0n) is 12.4. The molecular formula is C15H25NO4. The lowest BCUT2D eigenvalue weighted by Crippen LogP contribution is -2.43. The predicted octanol–water partition coefficient (Wildman–Crippen LogP) is 1.90. The fourth-order valence-corrected chi connectivity index (χ4v) is 2.89. The van der Waals surface area contributed by atoms with Gasteiger partial charge in [-0.25, -0.2) is 0 Å². The largest absolute Gasteiger partial charge is 0.481 e. The van der Waals surface area contributed by atoms with Crippen LogP contribution in [0.1, 0.15) is 46.0 Å². The molecule has 1 heterocycles. The Morgan fingerprint density at radius 3 is 2.60 bits per heavy atom. The van der Waals surface area contributed by atoms with Crippen molar-refractivity contribution < 1.29 is 19.4 Å². The second-order valence-corrected chi connectivity index (χ2v) is 6.59. The Kier molecular flexibility index (Phi) is 4.68. The normalized spacial score (nSPS) is 24.8. The van der Waals surface area contributed by atoms with Gasteiger partial charge in [0.15, 0.2) is 0 Å². The summed E-state index contributed by atoms with van der Waals surface area (Å²) >= 11 is 0. The SMILES string of the molecule is CC(C)COC1CCN(C(=O)CC2(C(=O)O)CCC2)C1. The van der Waals surface area contributed by atoms with Crippen LogP contribution in [0.2, 0.25) is 0 Å². The average Bonchev–Trinajstić information content (AvgIpc) is 2.79. The summed E-state index contributed by atoms with van der Waals surface area (Å²) in [7, 11) is 0. The summed E-state index contributed by atoms with van der Waals surface area (Å²) in [6, 6.07) is 0. The monoisotopic (exact) mass is 283 g/mol. The third-order valence-corrected chi connectivity index (χ3v) is 4.42. The van der Waals surface area contributed by atoms with Gasteiger partial charge in [0.2, 0.25) is 5.91 Å². The van der Waals surface area contributed by atoms with Gasteiger partial charge in [-0.15, -0.1) is 0 Å². The van der Waals surface area contributed by atoms with Crippen LogP contribution in [0.5, 0.6) is 0 Å². The van der Waals surface area contributed by atoms with Gasteiger partial charge in [0.25, 0.3) is 0 Å². The van der Waals surface area contributed by atoms with E-state index in [1.807, 2.05) is 0 Å². The van der Waals surface area contributed by atoms with Crippen molar-refractivity contribution in [2.24, 2.45) is 11.3 Å². The Morgan fingerprint density at radius 2 is 2.10 bits per heavy atom. The topological polar surface area (TPSA) is 66.8 Å². The van der Waals surface area contributed by atoms with Gasteiger partial charge in [0.05, 0.1) is 11.5 Å². The molecule has 114 valence electrons. The number of carbonyl (C=O) groups is 2. The maximum absolute atomic E-state index is 12.2. The van der Waals surface area contributed by atoms with Crippen molar-refractivity contribution in [3.05, 3.63) is 0 Å². The first-order valence-electron chi connectivity index (χ1n) is 7.56. The highest BCUT2D eigenvalue weighted by Crippen LogP contribution is 2.44. The average molecular weight is 283 g/mol. The van der Waals surface area contributed by atoms with Gasteiger partial charge in [-0.05, 0) is 25.2 Å². The molecule has 20 heavy (non-hydrogen) atoms. The number of ether oxygens (including phenoxy) is 1. The standard InChI is InChI=1S/C15H25NO4/c1-11(2)10-20-12-4-7-16(9-12)13(17)8-15(14(18)19)5-3-6-15/h11-12H,3-10H2,1-2H3,(H,18,19). The van der Waals surface area contributed by atoms with Crippen molar-refractivity contribution in [1.29, 1.82) is 0 Å². The fourth-order valence-electron chi connectivity index (χ4n) is 2.89. The summed E-state index contributed by atoms with van der Waals surface area (Å²) in [5, 5.41) is 9.28. The zero-order chi connectivity index (χ0) is 14.8. The van der Waals surface area contributed by atoms with E-state index < -0.39 is 11.4 Å². The molecule has 1 atom stereocenters. The van der Waals surface area contributed by atoms with Crippen LogP contribution in [0.3, 0.4) is 0 Å². The number of hydrogen-bond acceptors (Lipinski definition) is 3. The summed E-state index contributed by atoms with van der Waals surface area (Å²) in [4.78, 5) is 25.3. The molecule has 2 fully saturated rings. The Labute approximate surface area is 120 Å². The van der Waals surface area contributed by atoms with Gasteiger partial charge in [-0.2, -0.15) is 0 Å². The van der Waals surface area contributed by atoms with E-state index in [1.54, 1.807) is 4.90 Å². The van der Waals surface area contributed by atoms with Crippen molar-refractivity contribution in [1.82, 2.24) is 4.90 Å². The van der Waals surface area contributed by atoms with Crippen LogP contribution < -0.4 is 0 Å². The first-order chi connectivity index (χ1) is 9.43. The molecule has 0 radical (unpaired) electrons. The lowest BCUT2D eigenvalue weighted by molar-refractivity contribution is -0.159. The molecule has 1 saturated carbocycles. The smallest absolute Gasteiger partial charge is 0.310 e. The lowest BCUT2D eigenvalue weighted by atomic mass is 9.66. The van der Waals surface area contributed by atoms with E-state index in [-0.39, 0.29) is 18.4 Å². The maximum Gasteiger partial charge on any atom is 0.310 e. The van der Waals surface area contributed by atoms with Crippen molar-refractivity contribution in [2.75, 3.05) is 19.7 Å². The lowest BCUT2D eigenvalue weighted by Gasteiger charge is -2.38. The molecule has 0 aromatic carbocycles. The van der Waals surface area contributed by atoms with Gasteiger partial charge < -0.3 is 14.7 Å². The number of likely N-dealkylation sites (tertiary alicyclic amines) is 1. The van der Waals surface area contributed by atoms with E-state index in [0.717, 1.165) is 12.8 Å². The van der Waals surface area contributed by atoms with E-state index in [1.165, 1.54) is 0 Å². The minimum atomic E-state index is -0.816. The second kappa shape index (κ2) is 6.12. The summed E-state index contributed by atoms with van der Waals surface area (Å²) in [5.41, 5.74) is -0.784. The number of rotatable bonds is 6. The highest BCUT2D eigenvalue weighted by atomic mass is 16.5. The molecule has 1 aliphatic heterocycles. The number of amides is 1. The predicted molar refractivity (Wildman–Crippen MR) is 74.3 cm³/mol. The summed E-state index contributed by atoms with van der Waals surface area (Å²) < 4.78 is 5.75. The van der Waals surface area contributed by atoms with E-state index in [0.29, 0.717) is 38.5 Å². The number of carboxylic acid groups (broad SMARTS) is 1. The van der Waals surface area contributed by atoms with Gasteiger partial charge in [0, 0.05) is 26.1 Å². The summed E-state index contributed by atoms with van der Waals surface area (Å²) in [6.45, 7) is 6.22. The minimum absolute atomic E-state index is 0.0252. The van der Waals surface area contributed by atoms with Crippen molar-refractivity contribution in [2.45, 2.75) is 52.1 Å². The van der Waals surface area contributed by atoms with E-state index in [9.17, 15) is 14.7 Å². The minimum Gasteiger partial charge on any atom is -0.481 e. The molecule has 0 spiro atoms. The van der Waals surface area contributed by atoms with E-state index >= 15 is 0 Å². The second-order valence-electron chi connectivity index (χ2n) is 6.59. The third kappa shape index (κ3) is 3.32. The molecule has 5 heteroatoms. The Balaban J connectivity index is 1.81. The molecule has 2 rings (SSSR count).